The normalized spacial score (nSPS) is 16.5. The van der Waals surface area contributed by atoms with Gasteiger partial charge in [0, 0.05) is 5.56 Å². The quantitative estimate of drug-likeness (QED) is 0.576. The Morgan fingerprint density at radius 1 is 1.25 bits per heavy atom. The van der Waals surface area contributed by atoms with Crippen molar-refractivity contribution in [3.63, 3.8) is 0 Å². The van der Waals surface area contributed by atoms with Gasteiger partial charge in [0.2, 0.25) is 17.6 Å². The van der Waals surface area contributed by atoms with Crippen molar-refractivity contribution in [3.05, 3.63) is 59.5 Å². The third-order valence-corrected chi connectivity index (χ3v) is 5.92. The SMILES string of the molecule is COc1ccc(C)cc1NC(=O)C1CCCN1Cc1nc(-c2ccc(C(C)C)cc2)no1. The number of nitrogens with one attached hydrogen (secondary N) is 1. The summed E-state index contributed by atoms with van der Waals surface area (Å²) in [7, 11) is 1.60. The van der Waals surface area contributed by atoms with Crippen molar-refractivity contribution in [2.45, 2.75) is 52.1 Å². The Hall–Kier alpha value is -3.19. The van der Waals surface area contributed by atoms with Crippen LogP contribution in [0.1, 0.15) is 49.6 Å². The highest BCUT2D eigenvalue weighted by molar-refractivity contribution is 5.96. The number of nitrogens with zero attached hydrogens (tertiary/aromatic N) is 3. The number of hydrogen-bond donors (Lipinski definition) is 1. The molecule has 4 rings (SSSR count). The van der Waals surface area contributed by atoms with Crippen LogP contribution in [0.15, 0.2) is 47.0 Å². The zero-order valence-electron chi connectivity index (χ0n) is 19.1. The molecule has 1 amide bonds. The molecule has 168 valence electrons. The van der Waals surface area contributed by atoms with Gasteiger partial charge in [-0.2, -0.15) is 4.98 Å². The van der Waals surface area contributed by atoms with Crippen LogP contribution in [0.25, 0.3) is 11.4 Å². The number of aryl methyl sites for hydroxylation is 1. The van der Waals surface area contributed by atoms with Crippen molar-refractivity contribution >= 4 is 11.6 Å². The van der Waals surface area contributed by atoms with Crippen molar-refractivity contribution < 1.29 is 14.1 Å². The van der Waals surface area contributed by atoms with Crippen LogP contribution < -0.4 is 10.1 Å². The summed E-state index contributed by atoms with van der Waals surface area (Å²) in [6.07, 6.45) is 1.73. The number of benzene rings is 2. The zero-order chi connectivity index (χ0) is 22.7. The van der Waals surface area contributed by atoms with Gasteiger partial charge in [-0.25, -0.2) is 0 Å². The smallest absolute Gasteiger partial charge is 0.241 e. The molecule has 1 atom stereocenters. The number of likely N-dealkylation sites (tertiary alicyclic amines) is 1. The average Bonchev–Trinajstić information content (AvgIpc) is 3.44. The number of amides is 1. The number of carbonyl (C=O) groups is 1. The van der Waals surface area contributed by atoms with E-state index in [2.05, 4.69) is 46.3 Å². The van der Waals surface area contributed by atoms with E-state index in [-0.39, 0.29) is 11.9 Å². The maximum atomic E-state index is 13.0. The molecule has 1 fully saturated rings. The molecule has 1 aromatic heterocycles. The van der Waals surface area contributed by atoms with Crippen LogP contribution in [0.2, 0.25) is 0 Å². The van der Waals surface area contributed by atoms with E-state index in [1.807, 2.05) is 37.3 Å². The molecule has 0 aliphatic carbocycles. The van der Waals surface area contributed by atoms with Gasteiger partial charge in [0.05, 0.1) is 25.4 Å². The largest absolute Gasteiger partial charge is 0.495 e. The Labute approximate surface area is 188 Å². The zero-order valence-corrected chi connectivity index (χ0v) is 19.1. The highest BCUT2D eigenvalue weighted by Gasteiger charge is 2.32. The molecular weight excluding hydrogens is 404 g/mol. The third-order valence-electron chi connectivity index (χ3n) is 5.92. The second kappa shape index (κ2) is 9.53. The average molecular weight is 435 g/mol. The maximum absolute atomic E-state index is 13.0. The fraction of sp³-hybridized carbons (Fsp3) is 0.400. The summed E-state index contributed by atoms with van der Waals surface area (Å²) < 4.78 is 10.9. The monoisotopic (exact) mass is 434 g/mol. The van der Waals surface area contributed by atoms with Crippen molar-refractivity contribution in [2.24, 2.45) is 0 Å². The Kier molecular flexibility index (Phi) is 6.55. The van der Waals surface area contributed by atoms with Gasteiger partial charge >= 0.3 is 0 Å². The van der Waals surface area contributed by atoms with Crippen LogP contribution in [-0.4, -0.2) is 40.6 Å². The summed E-state index contributed by atoms with van der Waals surface area (Å²) in [5.41, 5.74) is 3.94. The molecule has 1 N–H and O–H groups in total. The summed E-state index contributed by atoms with van der Waals surface area (Å²) in [5.74, 6) is 2.16. The van der Waals surface area contributed by atoms with Gasteiger partial charge in [-0.1, -0.05) is 49.3 Å². The molecule has 0 radical (unpaired) electrons. The number of methoxy groups -OCH3 is 1. The first-order chi connectivity index (χ1) is 15.4. The molecule has 7 heteroatoms. The first-order valence-electron chi connectivity index (χ1n) is 11.1. The van der Waals surface area contributed by atoms with E-state index in [9.17, 15) is 4.79 Å². The van der Waals surface area contributed by atoms with E-state index >= 15 is 0 Å². The van der Waals surface area contributed by atoms with E-state index in [4.69, 9.17) is 9.26 Å². The van der Waals surface area contributed by atoms with Gasteiger partial charge < -0.3 is 14.6 Å². The molecular formula is C25H30N4O3. The Morgan fingerprint density at radius 2 is 2.03 bits per heavy atom. The van der Waals surface area contributed by atoms with Gasteiger partial charge in [0.15, 0.2) is 0 Å². The molecule has 7 nitrogen and oxygen atoms in total. The van der Waals surface area contributed by atoms with Gasteiger partial charge in [-0.05, 0) is 55.5 Å². The van der Waals surface area contributed by atoms with Crippen molar-refractivity contribution in [1.82, 2.24) is 15.0 Å². The lowest BCUT2D eigenvalue weighted by atomic mass is 10.0. The van der Waals surface area contributed by atoms with Crippen LogP contribution in [0.5, 0.6) is 5.75 Å². The van der Waals surface area contributed by atoms with Crippen LogP contribution >= 0.6 is 0 Å². The summed E-state index contributed by atoms with van der Waals surface area (Å²) in [6.45, 7) is 7.57. The van der Waals surface area contributed by atoms with E-state index < -0.39 is 0 Å². The standard InChI is InChI=1S/C25H30N4O3/c1-16(2)18-8-10-19(11-9-18)24-27-23(32-28-24)15-29-13-5-6-21(29)25(30)26-20-14-17(3)7-12-22(20)31-4/h7-12,14,16,21H,5-6,13,15H2,1-4H3,(H,26,30). The molecule has 0 bridgehead atoms. The molecule has 0 spiro atoms. The highest BCUT2D eigenvalue weighted by atomic mass is 16.5. The lowest BCUT2D eigenvalue weighted by Crippen LogP contribution is -2.39. The number of hydrogen-bond acceptors (Lipinski definition) is 6. The van der Waals surface area contributed by atoms with Crippen LogP contribution in [0.3, 0.4) is 0 Å². The minimum Gasteiger partial charge on any atom is -0.495 e. The van der Waals surface area contributed by atoms with E-state index in [0.717, 1.165) is 30.5 Å². The lowest BCUT2D eigenvalue weighted by Gasteiger charge is -2.22. The molecule has 1 aliphatic heterocycles. The van der Waals surface area contributed by atoms with Crippen LogP contribution in [0.4, 0.5) is 5.69 Å². The molecule has 0 saturated carbocycles. The lowest BCUT2D eigenvalue weighted by molar-refractivity contribution is -0.120. The predicted molar refractivity (Wildman–Crippen MR) is 124 cm³/mol. The molecule has 2 aromatic carbocycles. The van der Waals surface area contributed by atoms with Crippen LogP contribution in [-0.2, 0) is 11.3 Å². The second-order valence-electron chi connectivity index (χ2n) is 8.61. The third kappa shape index (κ3) is 4.83. The fourth-order valence-corrected chi connectivity index (χ4v) is 4.08. The predicted octanol–water partition coefficient (Wildman–Crippen LogP) is 4.78. The summed E-state index contributed by atoms with van der Waals surface area (Å²) >= 11 is 0. The van der Waals surface area contributed by atoms with Crippen LogP contribution in [0, 0.1) is 6.92 Å². The highest BCUT2D eigenvalue weighted by Crippen LogP contribution is 2.28. The minimum absolute atomic E-state index is 0.0459. The molecule has 1 aliphatic rings. The Bertz CT molecular complexity index is 1080. The van der Waals surface area contributed by atoms with Gasteiger partial charge in [0.1, 0.15) is 5.75 Å². The topological polar surface area (TPSA) is 80.5 Å². The van der Waals surface area contributed by atoms with Gasteiger partial charge in [-0.15, -0.1) is 0 Å². The Balaban J connectivity index is 1.43. The van der Waals surface area contributed by atoms with E-state index in [1.165, 1.54) is 5.56 Å². The van der Waals surface area contributed by atoms with Crippen molar-refractivity contribution in [2.75, 3.05) is 19.0 Å². The van der Waals surface area contributed by atoms with E-state index in [1.54, 1.807) is 7.11 Å². The van der Waals surface area contributed by atoms with Crippen molar-refractivity contribution in [3.8, 4) is 17.1 Å². The second-order valence-corrected chi connectivity index (χ2v) is 8.61. The first kappa shape index (κ1) is 22.0. The molecule has 3 aromatic rings. The van der Waals surface area contributed by atoms with E-state index in [0.29, 0.717) is 35.6 Å². The van der Waals surface area contributed by atoms with Gasteiger partial charge in [0.25, 0.3) is 0 Å². The number of rotatable bonds is 7. The van der Waals surface area contributed by atoms with Gasteiger partial charge in [-0.3, -0.25) is 9.69 Å². The molecule has 2 heterocycles. The number of carbonyl (C=O) groups excluding carboxylic acids is 1. The minimum atomic E-state index is -0.249. The van der Waals surface area contributed by atoms with Crippen molar-refractivity contribution in [1.29, 1.82) is 0 Å². The maximum Gasteiger partial charge on any atom is 0.241 e. The summed E-state index contributed by atoms with van der Waals surface area (Å²) in [4.78, 5) is 19.7. The number of ether oxygens (including phenoxy) is 1. The number of anilines is 1. The Morgan fingerprint density at radius 3 is 2.75 bits per heavy atom. The first-order valence-corrected chi connectivity index (χ1v) is 11.1. The molecule has 1 unspecified atom stereocenters. The molecule has 1 saturated heterocycles. The summed E-state index contributed by atoms with van der Waals surface area (Å²) in [5, 5.41) is 7.18. The number of aromatic nitrogens is 2. The molecule has 32 heavy (non-hydrogen) atoms. The fourth-order valence-electron chi connectivity index (χ4n) is 4.08. The summed E-state index contributed by atoms with van der Waals surface area (Å²) in [6, 6.07) is 13.7.